The van der Waals surface area contributed by atoms with Crippen LogP contribution in [0.4, 0.5) is 0 Å². The molecule has 0 aliphatic carbocycles. The Kier molecular flexibility index (Phi) is 9.55. The predicted octanol–water partition coefficient (Wildman–Crippen LogP) is 6.56. The van der Waals surface area contributed by atoms with E-state index >= 15 is 0 Å². The van der Waals surface area contributed by atoms with Crippen molar-refractivity contribution in [2.45, 2.75) is 72.1 Å². The summed E-state index contributed by atoms with van der Waals surface area (Å²) in [6, 6.07) is 7.77. The van der Waals surface area contributed by atoms with Crippen LogP contribution in [0.1, 0.15) is 76.8 Å². The number of aliphatic carboxylic acids is 1. The third-order valence-corrected chi connectivity index (χ3v) is 5.32. The molecular weight excluding hydrogens is 360 g/mol. The summed E-state index contributed by atoms with van der Waals surface area (Å²) in [4.78, 5) is 20.5. The SMILES string of the molecule is CCCCCCCc1cnc(-c2ccc(C=C(C[C@H](C)CC)C(=O)O)cc2)nc1. The summed E-state index contributed by atoms with van der Waals surface area (Å²) in [5.74, 6) is 0.214. The van der Waals surface area contributed by atoms with Gasteiger partial charge in [0.2, 0.25) is 0 Å². The Balaban J connectivity index is 2.00. The number of rotatable bonds is 12. The monoisotopic (exact) mass is 394 g/mol. The summed E-state index contributed by atoms with van der Waals surface area (Å²) in [7, 11) is 0. The van der Waals surface area contributed by atoms with Crippen LogP contribution in [-0.4, -0.2) is 21.0 Å². The van der Waals surface area contributed by atoms with Gasteiger partial charge in [-0.3, -0.25) is 0 Å². The van der Waals surface area contributed by atoms with E-state index < -0.39 is 5.97 Å². The minimum absolute atomic E-state index is 0.357. The molecule has 0 saturated carbocycles. The molecule has 1 N–H and O–H groups in total. The molecule has 0 bridgehead atoms. The normalized spacial score (nSPS) is 12.7. The number of aromatic nitrogens is 2. The van der Waals surface area contributed by atoms with Crippen LogP contribution in [0, 0.1) is 5.92 Å². The molecule has 0 radical (unpaired) electrons. The lowest BCUT2D eigenvalue weighted by Crippen LogP contribution is -2.05. The van der Waals surface area contributed by atoms with Gasteiger partial charge in [0.15, 0.2) is 5.82 Å². The molecule has 4 heteroatoms. The van der Waals surface area contributed by atoms with Crippen LogP contribution in [0.3, 0.4) is 0 Å². The Labute approximate surface area is 175 Å². The molecule has 0 saturated heterocycles. The summed E-state index contributed by atoms with van der Waals surface area (Å²) in [6.45, 7) is 6.39. The van der Waals surface area contributed by atoms with Crippen molar-refractivity contribution in [3.05, 3.63) is 53.4 Å². The van der Waals surface area contributed by atoms with Crippen LogP contribution in [0.5, 0.6) is 0 Å². The summed E-state index contributed by atoms with van der Waals surface area (Å²) >= 11 is 0. The van der Waals surface area contributed by atoms with Crippen LogP contribution in [-0.2, 0) is 11.2 Å². The zero-order valence-corrected chi connectivity index (χ0v) is 18.0. The van der Waals surface area contributed by atoms with Gasteiger partial charge in [0.05, 0.1) is 0 Å². The van der Waals surface area contributed by atoms with Gasteiger partial charge in [-0.2, -0.15) is 0 Å². The van der Waals surface area contributed by atoms with Crippen molar-refractivity contribution in [3.63, 3.8) is 0 Å². The number of hydrogen-bond donors (Lipinski definition) is 1. The lowest BCUT2D eigenvalue weighted by molar-refractivity contribution is -0.132. The van der Waals surface area contributed by atoms with Gasteiger partial charge in [0.25, 0.3) is 0 Å². The highest BCUT2D eigenvalue weighted by atomic mass is 16.4. The van der Waals surface area contributed by atoms with Crippen LogP contribution >= 0.6 is 0 Å². The van der Waals surface area contributed by atoms with Gasteiger partial charge >= 0.3 is 5.97 Å². The average molecular weight is 395 g/mol. The molecular formula is C25H34N2O2. The van der Waals surface area contributed by atoms with Crippen molar-refractivity contribution < 1.29 is 9.90 Å². The molecule has 156 valence electrons. The number of carboxylic acids is 1. The van der Waals surface area contributed by atoms with E-state index in [2.05, 4.69) is 30.7 Å². The Morgan fingerprint density at radius 1 is 1.03 bits per heavy atom. The van der Waals surface area contributed by atoms with E-state index in [1.807, 2.05) is 36.7 Å². The van der Waals surface area contributed by atoms with Crippen LogP contribution in [0.2, 0.25) is 0 Å². The molecule has 1 aromatic heterocycles. The van der Waals surface area contributed by atoms with Gasteiger partial charge in [0, 0.05) is 23.5 Å². The van der Waals surface area contributed by atoms with Crippen LogP contribution in [0.15, 0.2) is 42.2 Å². The summed E-state index contributed by atoms with van der Waals surface area (Å²) in [5.41, 5.74) is 3.46. The van der Waals surface area contributed by atoms with Crippen LogP contribution in [0.25, 0.3) is 17.5 Å². The largest absolute Gasteiger partial charge is 0.478 e. The number of benzene rings is 1. The Hall–Kier alpha value is -2.49. The van der Waals surface area contributed by atoms with Crippen molar-refractivity contribution in [1.29, 1.82) is 0 Å². The number of hydrogen-bond acceptors (Lipinski definition) is 3. The molecule has 2 rings (SSSR count). The molecule has 0 amide bonds. The first-order valence-electron chi connectivity index (χ1n) is 10.9. The van der Waals surface area contributed by atoms with Crippen molar-refractivity contribution in [2.75, 3.05) is 0 Å². The molecule has 1 heterocycles. The highest BCUT2D eigenvalue weighted by Gasteiger charge is 2.11. The van der Waals surface area contributed by atoms with Gasteiger partial charge in [-0.15, -0.1) is 0 Å². The van der Waals surface area contributed by atoms with E-state index in [0.29, 0.717) is 23.7 Å². The lowest BCUT2D eigenvalue weighted by atomic mass is 9.97. The van der Waals surface area contributed by atoms with Crippen molar-refractivity contribution in [3.8, 4) is 11.4 Å². The highest BCUT2D eigenvalue weighted by molar-refractivity contribution is 5.92. The highest BCUT2D eigenvalue weighted by Crippen LogP contribution is 2.21. The zero-order chi connectivity index (χ0) is 21.1. The molecule has 4 nitrogen and oxygen atoms in total. The molecule has 0 spiro atoms. The maximum atomic E-state index is 11.5. The second kappa shape index (κ2) is 12.2. The topological polar surface area (TPSA) is 63.1 Å². The first kappa shape index (κ1) is 22.8. The maximum Gasteiger partial charge on any atom is 0.331 e. The number of aryl methyl sites for hydroxylation is 1. The quantitative estimate of drug-likeness (QED) is 0.327. The van der Waals surface area contributed by atoms with E-state index in [1.165, 1.54) is 37.7 Å². The zero-order valence-electron chi connectivity index (χ0n) is 18.0. The van der Waals surface area contributed by atoms with E-state index in [0.717, 1.165) is 24.0 Å². The second-order valence-corrected chi connectivity index (χ2v) is 7.89. The summed E-state index contributed by atoms with van der Waals surface area (Å²) < 4.78 is 0. The van der Waals surface area contributed by atoms with Crippen LogP contribution < -0.4 is 0 Å². The molecule has 1 aromatic carbocycles. The average Bonchev–Trinajstić information content (AvgIpc) is 2.74. The summed E-state index contributed by atoms with van der Waals surface area (Å²) in [5, 5.41) is 9.45. The van der Waals surface area contributed by atoms with Gasteiger partial charge in [-0.05, 0) is 42.4 Å². The fourth-order valence-corrected chi connectivity index (χ4v) is 3.22. The maximum absolute atomic E-state index is 11.5. The first-order valence-corrected chi connectivity index (χ1v) is 10.9. The third kappa shape index (κ3) is 7.80. The number of nitrogens with zero attached hydrogens (tertiary/aromatic N) is 2. The molecule has 0 unspecified atom stereocenters. The van der Waals surface area contributed by atoms with Gasteiger partial charge in [0.1, 0.15) is 0 Å². The Morgan fingerprint density at radius 2 is 1.69 bits per heavy atom. The van der Waals surface area contributed by atoms with Gasteiger partial charge in [-0.1, -0.05) is 77.1 Å². The fourth-order valence-electron chi connectivity index (χ4n) is 3.22. The second-order valence-electron chi connectivity index (χ2n) is 7.89. The number of carboxylic acid groups (broad SMARTS) is 1. The smallest absolute Gasteiger partial charge is 0.331 e. The standard InChI is InChI=1S/C25H34N2O2/c1-4-6-7-8-9-10-21-17-26-24(27-18-21)22-13-11-20(12-14-22)16-23(25(28)29)15-19(3)5-2/h11-14,16-19H,4-10,15H2,1-3H3,(H,28,29)/t19-/m1/s1. The van der Waals surface area contributed by atoms with E-state index in [1.54, 1.807) is 6.08 Å². The Morgan fingerprint density at radius 3 is 2.28 bits per heavy atom. The van der Waals surface area contributed by atoms with Gasteiger partial charge < -0.3 is 5.11 Å². The molecule has 0 fully saturated rings. The third-order valence-electron chi connectivity index (χ3n) is 5.32. The van der Waals surface area contributed by atoms with E-state index in [-0.39, 0.29) is 0 Å². The van der Waals surface area contributed by atoms with E-state index in [9.17, 15) is 9.90 Å². The predicted molar refractivity (Wildman–Crippen MR) is 120 cm³/mol. The van der Waals surface area contributed by atoms with Gasteiger partial charge in [-0.25, -0.2) is 14.8 Å². The molecule has 29 heavy (non-hydrogen) atoms. The number of carbonyl (C=O) groups is 1. The molecule has 1 atom stereocenters. The molecule has 2 aromatic rings. The summed E-state index contributed by atoms with van der Waals surface area (Å²) in [6.07, 6.45) is 14.5. The van der Waals surface area contributed by atoms with Crippen molar-refractivity contribution in [1.82, 2.24) is 9.97 Å². The number of unbranched alkanes of at least 4 members (excludes halogenated alkanes) is 4. The minimum atomic E-state index is -0.844. The van der Waals surface area contributed by atoms with Crippen molar-refractivity contribution in [2.24, 2.45) is 5.92 Å². The van der Waals surface area contributed by atoms with E-state index in [4.69, 9.17) is 0 Å². The lowest BCUT2D eigenvalue weighted by Gasteiger charge is -2.09. The van der Waals surface area contributed by atoms with Crippen molar-refractivity contribution >= 4 is 12.0 Å². The molecule has 0 aliphatic rings. The Bertz CT molecular complexity index is 779. The minimum Gasteiger partial charge on any atom is -0.478 e. The molecule has 0 aliphatic heterocycles. The first-order chi connectivity index (χ1) is 14.0. The fraction of sp³-hybridized carbons (Fsp3) is 0.480.